The number of hydrogen-bond acceptors (Lipinski definition) is 4. The normalized spacial score (nSPS) is 11.6. The number of halogens is 2. The maximum Gasteiger partial charge on any atom is 0.328 e. The van der Waals surface area contributed by atoms with Crippen LogP contribution < -0.4 is 10.1 Å². The Kier molecular flexibility index (Phi) is 6.11. The number of carbonyl (C=O) groups excluding carboxylic acids is 2. The van der Waals surface area contributed by atoms with Crippen molar-refractivity contribution in [3.63, 3.8) is 0 Å². The summed E-state index contributed by atoms with van der Waals surface area (Å²) >= 11 is 9.05. The maximum absolute atomic E-state index is 11.5. The van der Waals surface area contributed by atoms with Crippen molar-refractivity contribution in [2.24, 2.45) is 0 Å². The maximum atomic E-state index is 11.5. The van der Waals surface area contributed by atoms with Gasteiger partial charge in [0.05, 0.1) is 11.6 Å². The summed E-state index contributed by atoms with van der Waals surface area (Å²) in [7, 11) is 1.26. The van der Waals surface area contributed by atoms with E-state index in [1.54, 1.807) is 18.2 Å². The van der Waals surface area contributed by atoms with Crippen LogP contribution in [-0.2, 0) is 14.3 Å². The highest BCUT2D eigenvalue weighted by Gasteiger charge is 2.16. The number of benzene rings is 1. The molecule has 0 saturated carbocycles. The minimum Gasteiger partial charge on any atom is -0.483 e. The first kappa shape index (κ1) is 15.8. The van der Waals surface area contributed by atoms with Crippen LogP contribution >= 0.6 is 27.5 Å². The Hall–Kier alpha value is -1.27. The molecule has 1 unspecified atom stereocenters. The molecule has 5 nitrogen and oxygen atoms in total. The lowest BCUT2D eigenvalue weighted by atomic mass is 10.3. The van der Waals surface area contributed by atoms with Crippen LogP contribution in [0.15, 0.2) is 22.7 Å². The molecule has 1 aromatic carbocycles. The van der Waals surface area contributed by atoms with Gasteiger partial charge in [0.2, 0.25) is 0 Å². The number of esters is 1. The second kappa shape index (κ2) is 7.35. The van der Waals surface area contributed by atoms with Crippen molar-refractivity contribution >= 4 is 39.4 Å². The third-order valence-electron chi connectivity index (χ3n) is 2.18. The minimum atomic E-state index is -0.713. The highest BCUT2D eigenvalue weighted by Crippen LogP contribution is 2.27. The number of ether oxygens (including phenoxy) is 2. The Morgan fingerprint density at radius 1 is 1.47 bits per heavy atom. The van der Waals surface area contributed by atoms with Gasteiger partial charge in [0.1, 0.15) is 11.8 Å². The summed E-state index contributed by atoms with van der Waals surface area (Å²) in [5.74, 6) is -0.439. The van der Waals surface area contributed by atoms with E-state index in [9.17, 15) is 9.59 Å². The average Bonchev–Trinajstić information content (AvgIpc) is 2.36. The lowest BCUT2D eigenvalue weighted by Crippen LogP contribution is -2.41. The highest BCUT2D eigenvalue weighted by atomic mass is 79.9. The van der Waals surface area contributed by atoms with Gasteiger partial charge in [0.25, 0.3) is 5.91 Å². The van der Waals surface area contributed by atoms with Gasteiger partial charge in [-0.15, -0.1) is 0 Å². The van der Waals surface area contributed by atoms with Crippen LogP contribution in [0.4, 0.5) is 0 Å². The van der Waals surface area contributed by atoms with Crippen LogP contribution in [0.3, 0.4) is 0 Å². The first-order valence-electron chi connectivity index (χ1n) is 5.39. The largest absolute Gasteiger partial charge is 0.483 e. The number of rotatable bonds is 5. The molecular weight excluding hydrogens is 337 g/mol. The predicted molar refractivity (Wildman–Crippen MR) is 74.3 cm³/mol. The molecule has 0 fully saturated rings. The topological polar surface area (TPSA) is 64.6 Å². The molecule has 1 aromatic rings. The van der Waals surface area contributed by atoms with E-state index in [0.717, 1.165) is 0 Å². The van der Waals surface area contributed by atoms with Crippen LogP contribution in [-0.4, -0.2) is 31.6 Å². The Bertz CT molecular complexity index is 481. The van der Waals surface area contributed by atoms with Gasteiger partial charge in [-0.2, -0.15) is 0 Å². The van der Waals surface area contributed by atoms with E-state index in [4.69, 9.17) is 16.3 Å². The third-order valence-corrected chi connectivity index (χ3v) is 3.04. The molecule has 0 saturated heterocycles. The van der Waals surface area contributed by atoms with E-state index in [1.807, 2.05) is 0 Å². The number of amides is 1. The first-order chi connectivity index (χ1) is 8.93. The SMILES string of the molecule is COC(=O)C(C)NC(=O)COc1ccc(Cl)cc1Br. The van der Waals surface area contributed by atoms with E-state index >= 15 is 0 Å². The van der Waals surface area contributed by atoms with Crippen molar-refractivity contribution in [3.8, 4) is 5.75 Å². The quantitative estimate of drug-likeness (QED) is 0.827. The van der Waals surface area contributed by atoms with E-state index in [-0.39, 0.29) is 6.61 Å². The molecule has 0 heterocycles. The average molecular weight is 351 g/mol. The van der Waals surface area contributed by atoms with E-state index < -0.39 is 17.9 Å². The van der Waals surface area contributed by atoms with Crippen molar-refractivity contribution in [1.29, 1.82) is 0 Å². The summed E-state index contributed by atoms with van der Waals surface area (Å²) in [6, 6.07) is 4.24. The molecule has 1 N–H and O–H groups in total. The van der Waals surface area contributed by atoms with Crippen molar-refractivity contribution in [2.45, 2.75) is 13.0 Å². The number of carbonyl (C=O) groups is 2. The van der Waals surface area contributed by atoms with Gasteiger partial charge in [0, 0.05) is 5.02 Å². The van der Waals surface area contributed by atoms with Crippen LogP contribution in [0.25, 0.3) is 0 Å². The van der Waals surface area contributed by atoms with Crippen molar-refractivity contribution in [3.05, 3.63) is 27.7 Å². The molecule has 7 heteroatoms. The molecule has 1 amide bonds. The van der Waals surface area contributed by atoms with Gasteiger partial charge in [-0.3, -0.25) is 4.79 Å². The Labute approximate surface area is 124 Å². The molecule has 0 bridgehead atoms. The van der Waals surface area contributed by atoms with E-state index in [1.165, 1.54) is 14.0 Å². The highest BCUT2D eigenvalue weighted by molar-refractivity contribution is 9.10. The van der Waals surface area contributed by atoms with Crippen molar-refractivity contribution in [1.82, 2.24) is 5.32 Å². The molecule has 0 spiro atoms. The number of methoxy groups -OCH3 is 1. The fraction of sp³-hybridized carbons (Fsp3) is 0.333. The molecule has 1 rings (SSSR count). The zero-order valence-electron chi connectivity index (χ0n) is 10.4. The van der Waals surface area contributed by atoms with Gasteiger partial charge in [0.15, 0.2) is 6.61 Å². The molecule has 0 radical (unpaired) electrons. The summed E-state index contributed by atoms with van der Waals surface area (Å²) in [5.41, 5.74) is 0. The predicted octanol–water partition coefficient (Wildman–Crippen LogP) is 2.16. The fourth-order valence-electron chi connectivity index (χ4n) is 1.25. The molecule has 0 aliphatic carbocycles. The van der Waals surface area contributed by atoms with E-state index in [2.05, 4.69) is 26.0 Å². The number of nitrogens with one attached hydrogen (secondary N) is 1. The fourth-order valence-corrected chi connectivity index (χ4v) is 2.05. The summed E-state index contributed by atoms with van der Waals surface area (Å²) in [4.78, 5) is 22.7. The van der Waals surface area contributed by atoms with Crippen LogP contribution in [0.1, 0.15) is 6.92 Å². The van der Waals surface area contributed by atoms with Crippen molar-refractivity contribution < 1.29 is 19.1 Å². The summed E-state index contributed by atoms with van der Waals surface area (Å²) in [5, 5.41) is 3.01. The zero-order valence-corrected chi connectivity index (χ0v) is 12.7. The van der Waals surface area contributed by atoms with Crippen LogP contribution in [0, 0.1) is 0 Å². The molecule has 0 aliphatic rings. The smallest absolute Gasteiger partial charge is 0.328 e. The third kappa shape index (κ3) is 5.08. The second-order valence-electron chi connectivity index (χ2n) is 3.68. The Balaban J connectivity index is 2.48. The minimum absolute atomic E-state index is 0.207. The van der Waals surface area contributed by atoms with Gasteiger partial charge in [-0.1, -0.05) is 11.6 Å². The molecule has 19 heavy (non-hydrogen) atoms. The monoisotopic (exact) mass is 349 g/mol. The molecule has 104 valence electrons. The summed E-state index contributed by atoms with van der Waals surface area (Å²) < 4.78 is 10.4. The zero-order chi connectivity index (χ0) is 14.4. The van der Waals surface area contributed by atoms with Gasteiger partial charge in [-0.25, -0.2) is 4.79 Å². The molecule has 0 aliphatic heterocycles. The Morgan fingerprint density at radius 3 is 2.74 bits per heavy atom. The van der Waals surface area contributed by atoms with E-state index in [0.29, 0.717) is 15.2 Å². The van der Waals surface area contributed by atoms with Gasteiger partial charge < -0.3 is 14.8 Å². The standard InChI is InChI=1S/C12H13BrClNO4/c1-7(12(17)18-2)15-11(16)6-19-10-4-3-8(14)5-9(10)13/h3-5,7H,6H2,1-2H3,(H,15,16). The van der Waals surface area contributed by atoms with Gasteiger partial charge in [-0.05, 0) is 41.1 Å². The lowest BCUT2D eigenvalue weighted by molar-refractivity contribution is -0.144. The Morgan fingerprint density at radius 2 is 2.16 bits per heavy atom. The molecular formula is C12H13BrClNO4. The molecule has 1 atom stereocenters. The van der Waals surface area contributed by atoms with Crippen LogP contribution in [0.2, 0.25) is 5.02 Å². The van der Waals surface area contributed by atoms with Crippen LogP contribution in [0.5, 0.6) is 5.75 Å². The molecule has 0 aromatic heterocycles. The summed E-state index contributed by atoms with van der Waals surface area (Å²) in [6.45, 7) is 1.32. The summed E-state index contributed by atoms with van der Waals surface area (Å²) in [6.07, 6.45) is 0. The van der Waals surface area contributed by atoms with Gasteiger partial charge >= 0.3 is 5.97 Å². The second-order valence-corrected chi connectivity index (χ2v) is 4.97. The number of hydrogen-bond donors (Lipinski definition) is 1. The van der Waals surface area contributed by atoms with Crippen molar-refractivity contribution in [2.75, 3.05) is 13.7 Å². The first-order valence-corrected chi connectivity index (χ1v) is 6.56. The lowest BCUT2D eigenvalue weighted by Gasteiger charge is -2.12.